The molecule has 0 aliphatic carbocycles. The van der Waals surface area contributed by atoms with Crippen LogP contribution in [-0.2, 0) is 13.6 Å². The second-order valence-electron chi connectivity index (χ2n) is 6.07. The van der Waals surface area contributed by atoms with E-state index in [1.807, 2.05) is 30.2 Å². The minimum atomic E-state index is -0.170. The van der Waals surface area contributed by atoms with Crippen LogP contribution in [0.4, 0.5) is 5.69 Å². The number of nitrogens with zero attached hydrogens (tertiary/aromatic N) is 2. The molecule has 0 atom stereocenters. The van der Waals surface area contributed by atoms with E-state index in [9.17, 15) is 0 Å². The molecule has 0 fully saturated rings. The van der Waals surface area contributed by atoms with Crippen molar-refractivity contribution in [2.45, 2.75) is 39.8 Å². The number of aryl methyl sites for hydroxylation is 2. The molecule has 0 spiro atoms. The fraction of sp³-hybridized carbons (Fsp3) is 0.438. The first kappa shape index (κ1) is 14.4. The van der Waals surface area contributed by atoms with E-state index in [-0.39, 0.29) is 5.60 Å². The lowest BCUT2D eigenvalue weighted by atomic mass is 10.1. The van der Waals surface area contributed by atoms with Crippen LogP contribution in [0, 0.1) is 6.92 Å². The Balaban J connectivity index is 2.02. The first-order valence-electron chi connectivity index (χ1n) is 6.84. The van der Waals surface area contributed by atoms with Gasteiger partial charge in [-0.2, -0.15) is 5.10 Å². The van der Waals surface area contributed by atoms with Gasteiger partial charge >= 0.3 is 0 Å². The summed E-state index contributed by atoms with van der Waals surface area (Å²) in [5, 5.41) is 7.59. The summed E-state index contributed by atoms with van der Waals surface area (Å²) < 4.78 is 7.67. The summed E-state index contributed by atoms with van der Waals surface area (Å²) in [6.07, 6.45) is 3.89. The van der Waals surface area contributed by atoms with Crippen LogP contribution in [0.2, 0.25) is 0 Å². The highest BCUT2D eigenvalue weighted by molar-refractivity contribution is 5.53. The molecule has 0 aliphatic heterocycles. The van der Waals surface area contributed by atoms with Crippen LogP contribution < -0.4 is 10.1 Å². The lowest BCUT2D eigenvalue weighted by Crippen LogP contribution is -2.22. The van der Waals surface area contributed by atoms with Crippen molar-refractivity contribution < 1.29 is 4.74 Å². The molecule has 4 heteroatoms. The molecule has 4 nitrogen and oxygen atoms in total. The zero-order valence-corrected chi connectivity index (χ0v) is 12.9. The standard InChI is InChI=1S/C16H23N3O/c1-12-8-14(20-16(2,3)4)6-7-15(12)17-9-13-10-18-19(5)11-13/h6-8,10-11,17H,9H2,1-5H3. The van der Waals surface area contributed by atoms with Crippen molar-refractivity contribution in [3.8, 4) is 5.75 Å². The topological polar surface area (TPSA) is 39.1 Å². The van der Waals surface area contributed by atoms with E-state index < -0.39 is 0 Å². The zero-order valence-electron chi connectivity index (χ0n) is 12.9. The molecule has 0 saturated heterocycles. The number of nitrogens with one attached hydrogen (secondary N) is 1. The van der Waals surface area contributed by atoms with Gasteiger partial charge in [-0.25, -0.2) is 0 Å². The first-order chi connectivity index (χ1) is 9.33. The van der Waals surface area contributed by atoms with Crippen LogP contribution in [0.3, 0.4) is 0 Å². The number of rotatable bonds is 4. The van der Waals surface area contributed by atoms with Gasteiger partial charge in [-0.3, -0.25) is 4.68 Å². The third-order valence-corrected chi connectivity index (χ3v) is 2.86. The first-order valence-corrected chi connectivity index (χ1v) is 6.84. The van der Waals surface area contributed by atoms with E-state index in [4.69, 9.17) is 4.74 Å². The third kappa shape index (κ3) is 4.02. The van der Waals surface area contributed by atoms with Gasteiger partial charge in [-0.15, -0.1) is 0 Å². The Bertz CT molecular complexity index is 582. The van der Waals surface area contributed by atoms with E-state index >= 15 is 0 Å². The molecule has 0 unspecified atom stereocenters. The lowest BCUT2D eigenvalue weighted by Gasteiger charge is -2.22. The molecule has 2 rings (SSSR count). The highest BCUT2D eigenvalue weighted by atomic mass is 16.5. The molecule has 1 aromatic heterocycles. The van der Waals surface area contributed by atoms with Crippen molar-refractivity contribution in [3.63, 3.8) is 0 Å². The fourth-order valence-electron chi connectivity index (χ4n) is 2.01. The number of hydrogen-bond acceptors (Lipinski definition) is 3. The fourth-order valence-corrected chi connectivity index (χ4v) is 2.01. The van der Waals surface area contributed by atoms with Crippen LogP contribution in [-0.4, -0.2) is 15.4 Å². The average Bonchev–Trinajstić information content (AvgIpc) is 2.72. The van der Waals surface area contributed by atoms with E-state index in [0.717, 1.165) is 18.0 Å². The molecular formula is C16H23N3O. The molecule has 108 valence electrons. The molecule has 2 aromatic rings. The minimum Gasteiger partial charge on any atom is -0.488 e. The van der Waals surface area contributed by atoms with Gasteiger partial charge in [0, 0.05) is 31.0 Å². The van der Waals surface area contributed by atoms with E-state index in [2.05, 4.69) is 50.2 Å². The van der Waals surface area contributed by atoms with Gasteiger partial charge < -0.3 is 10.1 Å². The maximum atomic E-state index is 5.86. The number of anilines is 1. The third-order valence-electron chi connectivity index (χ3n) is 2.86. The molecule has 0 bridgehead atoms. The van der Waals surface area contributed by atoms with Crippen molar-refractivity contribution in [3.05, 3.63) is 41.7 Å². The monoisotopic (exact) mass is 273 g/mol. The van der Waals surface area contributed by atoms with Crippen molar-refractivity contribution >= 4 is 5.69 Å². The Morgan fingerprint density at radius 3 is 2.60 bits per heavy atom. The second kappa shape index (κ2) is 5.57. The van der Waals surface area contributed by atoms with Crippen molar-refractivity contribution in [2.75, 3.05) is 5.32 Å². The van der Waals surface area contributed by atoms with Crippen LogP contribution in [0.1, 0.15) is 31.9 Å². The molecule has 0 amide bonds. The second-order valence-corrected chi connectivity index (χ2v) is 6.07. The van der Waals surface area contributed by atoms with E-state index in [0.29, 0.717) is 0 Å². The summed E-state index contributed by atoms with van der Waals surface area (Å²) in [6, 6.07) is 6.13. The predicted molar refractivity (Wildman–Crippen MR) is 82.1 cm³/mol. The van der Waals surface area contributed by atoms with Crippen LogP contribution >= 0.6 is 0 Å². The molecule has 20 heavy (non-hydrogen) atoms. The Hall–Kier alpha value is -1.97. The smallest absolute Gasteiger partial charge is 0.120 e. The highest BCUT2D eigenvalue weighted by Crippen LogP contribution is 2.24. The quantitative estimate of drug-likeness (QED) is 0.926. The lowest BCUT2D eigenvalue weighted by molar-refractivity contribution is 0.131. The van der Waals surface area contributed by atoms with Gasteiger partial charge in [0.1, 0.15) is 11.4 Å². The maximum Gasteiger partial charge on any atom is 0.120 e. The number of hydrogen-bond donors (Lipinski definition) is 1. The largest absolute Gasteiger partial charge is 0.488 e. The minimum absolute atomic E-state index is 0.170. The molecule has 0 saturated carbocycles. The summed E-state index contributed by atoms with van der Waals surface area (Å²) in [5.74, 6) is 0.905. The molecule has 1 heterocycles. The van der Waals surface area contributed by atoms with Gasteiger partial charge in [-0.1, -0.05) is 0 Å². The van der Waals surface area contributed by atoms with Gasteiger partial charge in [-0.05, 0) is 51.5 Å². The van der Waals surface area contributed by atoms with Crippen LogP contribution in [0.5, 0.6) is 5.75 Å². The summed E-state index contributed by atoms with van der Waals surface area (Å²) in [4.78, 5) is 0. The van der Waals surface area contributed by atoms with Gasteiger partial charge in [0.25, 0.3) is 0 Å². The highest BCUT2D eigenvalue weighted by Gasteiger charge is 2.12. The van der Waals surface area contributed by atoms with Crippen LogP contribution in [0.25, 0.3) is 0 Å². The zero-order chi connectivity index (χ0) is 14.8. The number of aromatic nitrogens is 2. The Morgan fingerprint density at radius 1 is 1.30 bits per heavy atom. The molecule has 0 radical (unpaired) electrons. The van der Waals surface area contributed by atoms with Crippen LogP contribution in [0.15, 0.2) is 30.6 Å². The SMILES string of the molecule is Cc1cc(OC(C)(C)C)ccc1NCc1cnn(C)c1. The predicted octanol–water partition coefficient (Wildman–Crippen LogP) is 3.52. The summed E-state index contributed by atoms with van der Waals surface area (Å²) in [7, 11) is 1.92. The number of ether oxygens (including phenoxy) is 1. The Kier molecular flexibility index (Phi) is 4.02. The van der Waals surface area contributed by atoms with Crippen molar-refractivity contribution in [2.24, 2.45) is 7.05 Å². The number of benzene rings is 1. The normalized spacial score (nSPS) is 11.4. The summed E-state index contributed by atoms with van der Waals surface area (Å²) in [5.41, 5.74) is 3.30. The molecule has 1 aromatic carbocycles. The van der Waals surface area contributed by atoms with E-state index in [1.165, 1.54) is 11.1 Å². The van der Waals surface area contributed by atoms with Gasteiger partial charge in [0.2, 0.25) is 0 Å². The van der Waals surface area contributed by atoms with Crippen molar-refractivity contribution in [1.29, 1.82) is 0 Å². The molecular weight excluding hydrogens is 250 g/mol. The Labute approximate surface area is 120 Å². The molecule has 1 N–H and O–H groups in total. The van der Waals surface area contributed by atoms with Crippen molar-refractivity contribution in [1.82, 2.24) is 9.78 Å². The Morgan fingerprint density at radius 2 is 2.05 bits per heavy atom. The average molecular weight is 273 g/mol. The van der Waals surface area contributed by atoms with E-state index in [1.54, 1.807) is 0 Å². The maximum absolute atomic E-state index is 5.86. The van der Waals surface area contributed by atoms with Gasteiger partial charge in [0.05, 0.1) is 6.20 Å². The van der Waals surface area contributed by atoms with Gasteiger partial charge in [0.15, 0.2) is 0 Å². The summed E-state index contributed by atoms with van der Waals surface area (Å²) in [6.45, 7) is 9.01. The molecule has 0 aliphatic rings. The summed E-state index contributed by atoms with van der Waals surface area (Å²) >= 11 is 0.